The van der Waals surface area contributed by atoms with Gasteiger partial charge in [-0.15, -0.1) is 11.3 Å². The summed E-state index contributed by atoms with van der Waals surface area (Å²) >= 11 is 1.46. The topological polar surface area (TPSA) is 78.9 Å². The number of rotatable bonds is 6. The minimum absolute atomic E-state index is 0.0263. The molecule has 1 atom stereocenters. The number of hydrogen-bond donors (Lipinski definition) is 2. The van der Waals surface area contributed by atoms with E-state index in [0.29, 0.717) is 29.4 Å². The first kappa shape index (κ1) is 15.7. The minimum atomic E-state index is -0.0263. The van der Waals surface area contributed by atoms with Crippen molar-refractivity contribution in [3.63, 3.8) is 0 Å². The first-order chi connectivity index (χ1) is 8.99. The van der Waals surface area contributed by atoms with E-state index < -0.39 is 0 Å². The SMILES string of the molecule is Cc1sc(NC(=O)CCC(C)CCN)c(C#N)c1C. The van der Waals surface area contributed by atoms with E-state index in [-0.39, 0.29) is 5.91 Å². The lowest BCUT2D eigenvalue weighted by Gasteiger charge is -2.09. The Balaban J connectivity index is 2.58. The number of amides is 1. The maximum atomic E-state index is 11.9. The second-order valence-corrected chi connectivity index (χ2v) is 6.09. The van der Waals surface area contributed by atoms with Crippen LogP contribution in [0, 0.1) is 31.1 Å². The zero-order valence-corrected chi connectivity index (χ0v) is 12.6. The lowest BCUT2D eigenvalue weighted by atomic mass is 10.0. The van der Waals surface area contributed by atoms with E-state index in [1.807, 2.05) is 13.8 Å². The molecule has 1 aromatic heterocycles. The molecule has 0 spiro atoms. The molecule has 5 heteroatoms. The quantitative estimate of drug-likeness (QED) is 0.840. The molecule has 0 radical (unpaired) electrons. The summed E-state index contributed by atoms with van der Waals surface area (Å²) in [5, 5.41) is 12.6. The average Bonchev–Trinajstić information content (AvgIpc) is 2.62. The highest BCUT2D eigenvalue weighted by molar-refractivity contribution is 7.16. The molecule has 4 nitrogen and oxygen atoms in total. The Morgan fingerprint density at radius 1 is 1.47 bits per heavy atom. The number of nitrogens with two attached hydrogens (primary N) is 1. The van der Waals surface area contributed by atoms with Gasteiger partial charge >= 0.3 is 0 Å². The molecule has 0 aliphatic heterocycles. The maximum Gasteiger partial charge on any atom is 0.225 e. The van der Waals surface area contributed by atoms with Crippen LogP contribution >= 0.6 is 11.3 Å². The van der Waals surface area contributed by atoms with E-state index in [4.69, 9.17) is 11.0 Å². The highest BCUT2D eigenvalue weighted by Gasteiger charge is 2.14. The van der Waals surface area contributed by atoms with Gasteiger partial charge in [0.2, 0.25) is 5.91 Å². The summed E-state index contributed by atoms with van der Waals surface area (Å²) in [5.41, 5.74) is 7.03. The van der Waals surface area contributed by atoms with Crippen molar-refractivity contribution in [1.82, 2.24) is 0 Å². The second-order valence-electron chi connectivity index (χ2n) is 4.87. The Labute approximate surface area is 118 Å². The number of aryl methyl sites for hydroxylation is 1. The third kappa shape index (κ3) is 4.34. The van der Waals surface area contributed by atoms with Gasteiger partial charge in [0, 0.05) is 11.3 Å². The number of nitriles is 1. The molecule has 0 fully saturated rings. The number of thiophene rings is 1. The Bertz CT molecular complexity index is 488. The van der Waals surface area contributed by atoms with Crippen molar-refractivity contribution >= 4 is 22.2 Å². The van der Waals surface area contributed by atoms with Gasteiger partial charge in [0.1, 0.15) is 11.1 Å². The van der Waals surface area contributed by atoms with Gasteiger partial charge in [-0.1, -0.05) is 6.92 Å². The number of carbonyl (C=O) groups excluding carboxylic acids is 1. The van der Waals surface area contributed by atoms with Crippen LogP contribution in [-0.4, -0.2) is 12.5 Å². The molecular weight excluding hydrogens is 258 g/mol. The molecule has 3 N–H and O–H groups in total. The molecule has 0 aliphatic rings. The lowest BCUT2D eigenvalue weighted by Crippen LogP contribution is -2.14. The highest BCUT2D eigenvalue weighted by atomic mass is 32.1. The van der Waals surface area contributed by atoms with Crippen molar-refractivity contribution in [3.05, 3.63) is 16.0 Å². The van der Waals surface area contributed by atoms with Gasteiger partial charge in [0.05, 0.1) is 5.56 Å². The fourth-order valence-electron chi connectivity index (χ4n) is 1.85. The number of nitrogens with zero attached hydrogens (tertiary/aromatic N) is 1. The van der Waals surface area contributed by atoms with E-state index in [2.05, 4.69) is 18.3 Å². The molecule has 19 heavy (non-hydrogen) atoms. The van der Waals surface area contributed by atoms with Crippen LogP contribution in [0.3, 0.4) is 0 Å². The zero-order chi connectivity index (χ0) is 14.4. The molecule has 1 amide bonds. The molecule has 0 bridgehead atoms. The smallest absolute Gasteiger partial charge is 0.225 e. The van der Waals surface area contributed by atoms with Crippen LogP contribution in [0.1, 0.15) is 42.2 Å². The van der Waals surface area contributed by atoms with Gasteiger partial charge < -0.3 is 11.1 Å². The van der Waals surface area contributed by atoms with Crippen LogP contribution in [-0.2, 0) is 4.79 Å². The summed E-state index contributed by atoms with van der Waals surface area (Å²) in [7, 11) is 0. The van der Waals surface area contributed by atoms with Gasteiger partial charge in [0.25, 0.3) is 0 Å². The molecule has 0 aliphatic carbocycles. The molecule has 1 rings (SSSR count). The van der Waals surface area contributed by atoms with Gasteiger partial charge in [-0.05, 0) is 44.7 Å². The van der Waals surface area contributed by atoms with Gasteiger partial charge in [0.15, 0.2) is 0 Å². The zero-order valence-electron chi connectivity index (χ0n) is 11.7. The van der Waals surface area contributed by atoms with Crippen LogP contribution < -0.4 is 11.1 Å². The van der Waals surface area contributed by atoms with Crippen molar-refractivity contribution in [1.29, 1.82) is 5.26 Å². The normalized spacial score (nSPS) is 11.9. The van der Waals surface area contributed by atoms with Crippen LogP contribution in [0.25, 0.3) is 0 Å². The predicted molar refractivity (Wildman–Crippen MR) is 79.2 cm³/mol. The number of anilines is 1. The maximum absolute atomic E-state index is 11.9. The largest absolute Gasteiger partial charge is 0.330 e. The van der Waals surface area contributed by atoms with Crippen LogP contribution in [0.2, 0.25) is 0 Å². The van der Waals surface area contributed by atoms with Crippen molar-refractivity contribution in [2.75, 3.05) is 11.9 Å². The molecular formula is C14H21N3OS. The van der Waals surface area contributed by atoms with Crippen LogP contribution in [0.5, 0.6) is 0 Å². The molecule has 1 aromatic rings. The molecule has 104 valence electrons. The summed E-state index contributed by atoms with van der Waals surface area (Å²) in [6.07, 6.45) is 2.24. The summed E-state index contributed by atoms with van der Waals surface area (Å²) in [6, 6.07) is 2.15. The van der Waals surface area contributed by atoms with E-state index in [9.17, 15) is 4.79 Å². The number of hydrogen-bond acceptors (Lipinski definition) is 4. The monoisotopic (exact) mass is 279 g/mol. The van der Waals surface area contributed by atoms with Gasteiger partial charge in [-0.2, -0.15) is 5.26 Å². The fourth-order valence-corrected chi connectivity index (χ4v) is 2.87. The lowest BCUT2D eigenvalue weighted by molar-refractivity contribution is -0.116. The first-order valence-corrected chi connectivity index (χ1v) is 7.31. The molecule has 1 unspecified atom stereocenters. The van der Waals surface area contributed by atoms with Crippen molar-refractivity contribution in [2.45, 2.75) is 40.0 Å². The number of nitrogens with one attached hydrogen (secondary N) is 1. The summed E-state index contributed by atoms with van der Waals surface area (Å²) in [6.45, 7) is 6.62. The molecule has 1 heterocycles. The predicted octanol–water partition coefficient (Wildman–Crippen LogP) is 2.94. The first-order valence-electron chi connectivity index (χ1n) is 6.49. The Morgan fingerprint density at radius 2 is 2.16 bits per heavy atom. The van der Waals surface area contributed by atoms with E-state index in [1.54, 1.807) is 0 Å². The molecule has 0 aromatic carbocycles. The van der Waals surface area contributed by atoms with E-state index in [1.165, 1.54) is 11.3 Å². The van der Waals surface area contributed by atoms with Crippen molar-refractivity contribution in [2.24, 2.45) is 11.7 Å². The Hall–Kier alpha value is -1.38. The molecule has 0 saturated heterocycles. The highest BCUT2D eigenvalue weighted by Crippen LogP contribution is 2.31. The Kier molecular flexibility index (Phi) is 6.00. The van der Waals surface area contributed by atoms with Crippen molar-refractivity contribution < 1.29 is 4.79 Å². The third-order valence-electron chi connectivity index (χ3n) is 3.27. The molecule has 0 saturated carbocycles. The minimum Gasteiger partial charge on any atom is -0.330 e. The standard InChI is InChI=1S/C14H21N3OS/c1-9(6-7-15)4-5-13(18)17-14-12(8-16)10(2)11(3)19-14/h9H,4-7,15H2,1-3H3,(H,17,18). The third-order valence-corrected chi connectivity index (χ3v) is 4.40. The van der Waals surface area contributed by atoms with Gasteiger partial charge in [-0.25, -0.2) is 0 Å². The number of carbonyl (C=O) groups is 1. The van der Waals surface area contributed by atoms with E-state index in [0.717, 1.165) is 23.3 Å². The Morgan fingerprint density at radius 3 is 2.74 bits per heavy atom. The van der Waals surface area contributed by atoms with E-state index >= 15 is 0 Å². The summed E-state index contributed by atoms with van der Waals surface area (Å²) < 4.78 is 0. The van der Waals surface area contributed by atoms with Crippen molar-refractivity contribution in [3.8, 4) is 6.07 Å². The fraction of sp³-hybridized carbons (Fsp3) is 0.571. The summed E-state index contributed by atoms with van der Waals surface area (Å²) in [5.74, 6) is 0.430. The van der Waals surface area contributed by atoms with Crippen LogP contribution in [0.4, 0.5) is 5.00 Å². The van der Waals surface area contributed by atoms with Crippen LogP contribution in [0.15, 0.2) is 0 Å². The summed E-state index contributed by atoms with van der Waals surface area (Å²) in [4.78, 5) is 12.9. The second kappa shape index (κ2) is 7.27. The average molecular weight is 279 g/mol. The van der Waals surface area contributed by atoms with Gasteiger partial charge in [-0.3, -0.25) is 4.79 Å².